The van der Waals surface area contributed by atoms with Crippen LogP contribution in [0.2, 0.25) is 0 Å². The van der Waals surface area contributed by atoms with Crippen molar-refractivity contribution in [1.82, 2.24) is 10.3 Å². The summed E-state index contributed by atoms with van der Waals surface area (Å²) in [5.41, 5.74) is 1.36. The largest absolute Gasteiger partial charge is 0.416 e. The third kappa shape index (κ3) is 4.56. The van der Waals surface area contributed by atoms with Crippen molar-refractivity contribution in [2.45, 2.75) is 44.3 Å². The van der Waals surface area contributed by atoms with Crippen LogP contribution in [0, 0.1) is 0 Å². The van der Waals surface area contributed by atoms with Crippen molar-refractivity contribution in [3.8, 4) is 0 Å². The molecule has 30 heavy (non-hydrogen) atoms. The molecule has 0 spiro atoms. The lowest BCUT2D eigenvalue weighted by molar-refractivity contribution is -0.137. The van der Waals surface area contributed by atoms with Gasteiger partial charge >= 0.3 is 6.18 Å². The summed E-state index contributed by atoms with van der Waals surface area (Å²) in [5, 5.41) is 6.87. The van der Waals surface area contributed by atoms with Crippen molar-refractivity contribution in [3.05, 3.63) is 65.9 Å². The summed E-state index contributed by atoms with van der Waals surface area (Å²) >= 11 is 0. The van der Waals surface area contributed by atoms with Gasteiger partial charge in [0, 0.05) is 34.6 Å². The van der Waals surface area contributed by atoms with Crippen molar-refractivity contribution in [1.29, 1.82) is 0 Å². The summed E-state index contributed by atoms with van der Waals surface area (Å²) in [5.74, 6) is -0.111. The van der Waals surface area contributed by atoms with Gasteiger partial charge in [0.1, 0.15) is 0 Å². The van der Waals surface area contributed by atoms with E-state index in [2.05, 4.69) is 15.6 Å². The summed E-state index contributed by atoms with van der Waals surface area (Å²) in [4.78, 5) is 16.7. The second-order valence-electron chi connectivity index (χ2n) is 7.60. The number of fused-ring (bicyclic) bond motifs is 1. The number of anilines is 2. The Morgan fingerprint density at radius 2 is 1.80 bits per heavy atom. The predicted molar refractivity (Wildman–Crippen MR) is 111 cm³/mol. The van der Waals surface area contributed by atoms with Crippen molar-refractivity contribution in [3.63, 3.8) is 0 Å². The van der Waals surface area contributed by atoms with Gasteiger partial charge in [-0.2, -0.15) is 13.2 Å². The first-order chi connectivity index (χ1) is 14.4. The van der Waals surface area contributed by atoms with Crippen LogP contribution in [0.3, 0.4) is 0 Å². The van der Waals surface area contributed by atoms with Crippen LogP contribution < -0.4 is 10.6 Å². The number of rotatable bonds is 4. The number of carbonyl (C=O) groups excluding carboxylic acids is 1. The van der Waals surface area contributed by atoms with Gasteiger partial charge in [-0.25, -0.2) is 0 Å². The van der Waals surface area contributed by atoms with E-state index in [0.29, 0.717) is 22.3 Å². The van der Waals surface area contributed by atoms with Crippen LogP contribution in [0.25, 0.3) is 10.9 Å². The Labute approximate surface area is 172 Å². The molecule has 156 valence electrons. The number of hydrogen-bond acceptors (Lipinski definition) is 3. The van der Waals surface area contributed by atoms with E-state index in [1.165, 1.54) is 18.7 Å². The van der Waals surface area contributed by atoms with Crippen LogP contribution in [0.1, 0.15) is 48.0 Å². The highest BCUT2D eigenvalue weighted by molar-refractivity contribution is 5.97. The standard InChI is InChI=1S/C23H22F3N3O/c24-23(25,26)16-9-10-19-20(11-12-27-21(19)14-16)28-18-8-4-5-15(13-18)22(30)29-17-6-2-1-3-7-17/h4-5,8-14,17H,1-3,6-7H2,(H,27,28)(H,29,30). The third-order valence-electron chi connectivity index (χ3n) is 5.41. The summed E-state index contributed by atoms with van der Waals surface area (Å²) in [6.45, 7) is 0. The fourth-order valence-electron chi connectivity index (χ4n) is 3.84. The molecule has 1 aromatic heterocycles. The van der Waals surface area contributed by atoms with Gasteiger partial charge in [0.2, 0.25) is 0 Å². The molecule has 0 radical (unpaired) electrons. The minimum Gasteiger partial charge on any atom is -0.355 e. The molecule has 7 heteroatoms. The van der Waals surface area contributed by atoms with Crippen LogP contribution in [-0.2, 0) is 6.18 Å². The van der Waals surface area contributed by atoms with Gasteiger partial charge in [-0.05, 0) is 49.2 Å². The maximum absolute atomic E-state index is 13.0. The molecule has 3 aromatic rings. The molecule has 0 unspecified atom stereocenters. The van der Waals surface area contributed by atoms with Gasteiger partial charge in [0.05, 0.1) is 11.1 Å². The van der Waals surface area contributed by atoms with Crippen molar-refractivity contribution in [2.75, 3.05) is 5.32 Å². The maximum Gasteiger partial charge on any atom is 0.416 e. The molecule has 1 saturated carbocycles. The highest BCUT2D eigenvalue weighted by atomic mass is 19.4. The smallest absolute Gasteiger partial charge is 0.355 e. The summed E-state index contributed by atoms with van der Waals surface area (Å²) in [6.07, 6.45) is 2.55. The lowest BCUT2D eigenvalue weighted by atomic mass is 9.95. The average Bonchev–Trinajstić information content (AvgIpc) is 2.74. The average molecular weight is 413 g/mol. The number of nitrogens with zero attached hydrogens (tertiary/aromatic N) is 1. The van der Waals surface area contributed by atoms with Gasteiger partial charge in [0.15, 0.2) is 0 Å². The van der Waals surface area contributed by atoms with E-state index in [-0.39, 0.29) is 17.5 Å². The van der Waals surface area contributed by atoms with E-state index in [0.717, 1.165) is 37.8 Å². The van der Waals surface area contributed by atoms with E-state index in [4.69, 9.17) is 0 Å². The summed E-state index contributed by atoms with van der Waals surface area (Å²) < 4.78 is 38.9. The molecule has 0 bridgehead atoms. The summed E-state index contributed by atoms with van der Waals surface area (Å²) in [6, 6.07) is 12.5. The van der Waals surface area contributed by atoms with Crippen LogP contribution >= 0.6 is 0 Å². The topological polar surface area (TPSA) is 54.0 Å². The molecule has 1 aliphatic rings. The number of amides is 1. The SMILES string of the molecule is O=C(NC1CCCCC1)c1cccc(Nc2ccnc3cc(C(F)(F)F)ccc23)c1. The highest BCUT2D eigenvalue weighted by Crippen LogP contribution is 2.33. The first-order valence-electron chi connectivity index (χ1n) is 10.0. The Morgan fingerprint density at radius 1 is 1.00 bits per heavy atom. The first kappa shape index (κ1) is 20.2. The number of pyridine rings is 1. The maximum atomic E-state index is 13.0. The fraction of sp³-hybridized carbons (Fsp3) is 0.304. The van der Waals surface area contributed by atoms with Gasteiger partial charge in [0.25, 0.3) is 5.91 Å². The molecule has 1 fully saturated rings. The van der Waals surface area contributed by atoms with Crippen LogP contribution in [0.5, 0.6) is 0 Å². The van der Waals surface area contributed by atoms with E-state index in [9.17, 15) is 18.0 Å². The molecule has 0 atom stereocenters. The Kier molecular flexibility index (Phi) is 5.61. The van der Waals surface area contributed by atoms with Gasteiger partial charge in [-0.15, -0.1) is 0 Å². The monoisotopic (exact) mass is 413 g/mol. The molecule has 1 heterocycles. The van der Waals surface area contributed by atoms with Crippen molar-refractivity contribution in [2.24, 2.45) is 0 Å². The van der Waals surface area contributed by atoms with Gasteiger partial charge < -0.3 is 10.6 Å². The molecule has 4 nitrogen and oxygen atoms in total. The predicted octanol–water partition coefficient (Wildman–Crippen LogP) is 6.06. The zero-order chi connectivity index (χ0) is 21.1. The van der Waals surface area contributed by atoms with E-state index in [1.807, 2.05) is 6.07 Å². The number of aromatic nitrogens is 1. The molecule has 1 aliphatic carbocycles. The molecule has 0 saturated heterocycles. The minimum atomic E-state index is -4.42. The van der Waals surface area contributed by atoms with Crippen LogP contribution in [0.15, 0.2) is 54.7 Å². The molecular formula is C23H22F3N3O. The normalized spacial score (nSPS) is 15.2. The first-order valence-corrected chi connectivity index (χ1v) is 10.0. The molecule has 4 rings (SSSR count). The second-order valence-corrected chi connectivity index (χ2v) is 7.60. The van der Waals surface area contributed by atoms with Crippen LogP contribution in [0.4, 0.5) is 24.5 Å². The van der Waals surface area contributed by atoms with Crippen molar-refractivity contribution >= 4 is 28.2 Å². The number of halogens is 3. The number of alkyl halides is 3. The zero-order valence-electron chi connectivity index (χ0n) is 16.3. The lowest BCUT2D eigenvalue weighted by Gasteiger charge is -2.22. The number of nitrogens with one attached hydrogen (secondary N) is 2. The molecule has 2 N–H and O–H groups in total. The third-order valence-corrected chi connectivity index (χ3v) is 5.41. The molecular weight excluding hydrogens is 391 g/mol. The zero-order valence-corrected chi connectivity index (χ0v) is 16.3. The Morgan fingerprint density at radius 3 is 2.57 bits per heavy atom. The minimum absolute atomic E-state index is 0.111. The molecule has 1 amide bonds. The number of carbonyl (C=O) groups is 1. The Bertz CT molecular complexity index is 1060. The fourth-order valence-corrected chi connectivity index (χ4v) is 3.84. The van der Waals surface area contributed by atoms with E-state index < -0.39 is 11.7 Å². The van der Waals surface area contributed by atoms with Gasteiger partial charge in [-0.1, -0.05) is 31.4 Å². The number of hydrogen-bond donors (Lipinski definition) is 2. The lowest BCUT2D eigenvalue weighted by Crippen LogP contribution is -2.36. The highest BCUT2D eigenvalue weighted by Gasteiger charge is 2.30. The van der Waals surface area contributed by atoms with Crippen molar-refractivity contribution < 1.29 is 18.0 Å². The van der Waals surface area contributed by atoms with Gasteiger partial charge in [-0.3, -0.25) is 9.78 Å². The molecule has 0 aliphatic heterocycles. The Hall–Kier alpha value is -3.09. The quantitative estimate of drug-likeness (QED) is 0.547. The number of benzene rings is 2. The second kappa shape index (κ2) is 8.34. The van der Waals surface area contributed by atoms with E-state index >= 15 is 0 Å². The van der Waals surface area contributed by atoms with E-state index in [1.54, 1.807) is 24.3 Å². The van der Waals surface area contributed by atoms with Crippen LogP contribution in [-0.4, -0.2) is 16.9 Å². The molecule has 2 aromatic carbocycles. The summed E-state index contributed by atoms with van der Waals surface area (Å²) in [7, 11) is 0. The Balaban J connectivity index is 1.55.